The fraction of sp³-hybridized carbons (Fsp3) is 0. The van der Waals surface area contributed by atoms with Crippen LogP contribution in [0.15, 0.2) is 261 Å². The Hall–Kier alpha value is -8.80. The number of fused-ring (bicyclic) bond motifs is 1. The fourth-order valence-electron chi connectivity index (χ4n) is 8.66. The third kappa shape index (κ3) is 7.95. The maximum absolute atomic E-state index is 5.05. The predicted octanol–water partition coefficient (Wildman–Crippen LogP) is 16.0. The number of hydrogen-bond donors (Lipinski definition) is 0. The summed E-state index contributed by atoms with van der Waals surface area (Å²) >= 11 is 0. The number of benzene rings is 8. The second-order valence-corrected chi connectivity index (χ2v) is 15.9. The van der Waals surface area contributed by atoms with Crippen LogP contribution in [0.5, 0.6) is 0 Å². The minimum absolute atomic E-state index is 0.839. The summed E-state index contributed by atoms with van der Waals surface area (Å²) in [6, 6.07) is 87.6. The largest absolute Gasteiger partial charge is 0.311 e. The number of hydrogen-bond acceptors (Lipinski definition) is 4. The number of pyridine rings is 2. The molecule has 0 radical (unpaired) electrons. The Labute approximate surface area is 379 Å². The van der Waals surface area contributed by atoms with Gasteiger partial charge in [-0.1, -0.05) is 164 Å². The van der Waals surface area contributed by atoms with Crippen molar-refractivity contribution < 1.29 is 0 Å². The van der Waals surface area contributed by atoms with Crippen LogP contribution in [0.3, 0.4) is 0 Å². The Bertz CT molecular complexity index is 3210. The van der Waals surface area contributed by atoms with Crippen molar-refractivity contribution >= 4 is 39.9 Å². The van der Waals surface area contributed by atoms with E-state index in [0.29, 0.717) is 0 Å². The number of nitrogens with zero attached hydrogens (tertiary/aromatic N) is 5. The first-order valence-electron chi connectivity index (χ1n) is 21.9. The van der Waals surface area contributed by atoms with Gasteiger partial charge in [-0.3, -0.25) is 9.30 Å². The van der Waals surface area contributed by atoms with Crippen LogP contribution in [0.25, 0.3) is 61.5 Å². The molecule has 3 heterocycles. The Morgan fingerprint density at radius 1 is 0.292 bits per heavy atom. The molecule has 0 N–H and O–H groups in total. The van der Waals surface area contributed by atoms with Crippen molar-refractivity contribution in [1.82, 2.24) is 14.4 Å². The normalized spacial score (nSPS) is 11.1. The highest BCUT2D eigenvalue weighted by Gasteiger charge is 2.19. The van der Waals surface area contributed by atoms with Crippen LogP contribution in [0.4, 0.5) is 34.3 Å². The molecular weight excluding hydrogens is 791 g/mol. The molecule has 0 saturated carbocycles. The summed E-state index contributed by atoms with van der Waals surface area (Å²) in [6.45, 7) is 0. The van der Waals surface area contributed by atoms with E-state index in [1.165, 1.54) is 22.3 Å². The summed E-state index contributed by atoms with van der Waals surface area (Å²) in [7, 11) is 0. The van der Waals surface area contributed by atoms with Gasteiger partial charge in [-0.15, -0.1) is 0 Å². The molecule has 11 aromatic rings. The molecule has 0 aliphatic carbocycles. The Morgan fingerprint density at radius 2 is 0.662 bits per heavy atom. The van der Waals surface area contributed by atoms with Crippen molar-refractivity contribution in [1.29, 1.82) is 0 Å². The molecule has 0 bridgehead atoms. The van der Waals surface area contributed by atoms with Gasteiger partial charge in [0.2, 0.25) is 0 Å². The quantitative estimate of drug-likeness (QED) is 0.130. The van der Waals surface area contributed by atoms with Crippen molar-refractivity contribution in [2.24, 2.45) is 0 Å². The van der Waals surface area contributed by atoms with Gasteiger partial charge >= 0.3 is 0 Å². The van der Waals surface area contributed by atoms with Gasteiger partial charge in [-0.05, 0) is 118 Å². The second kappa shape index (κ2) is 17.5. The Kier molecular flexibility index (Phi) is 10.5. The molecule has 0 fully saturated rings. The fourth-order valence-corrected chi connectivity index (χ4v) is 8.66. The molecule has 308 valence electrons. The molecule has 0 aliphatic heterocycles. The van der Waals surface area contributed by atoms with Crippen LogP contribution in [-0.4, -0.2) is 14.4 Å². The van der Waals surface area contributed by atoms with Crippen LogP contribution in [-0.2, 0) is 0 Å². The number of rotatable bonds is 11. The van der Waals surface area contributed by atoms with E-state index in [1.807, 2.05) is 30.5 Å². The van der Waals surface area contributed by atoms with E-state index >= 15 is 0 Å². The minimum atomic E-state index is 0.839. The molecule has 5 heteroatoms. The van der Waals surface area contributed by atoms with E-state index in [9.17, 15) is 0 Å². The van der Waals surface area contributed by atoms with Gasteiger partial charge in [0, 0.05) is 52.0 Å². The monoisotopic (exact) mass is 833 g/mol. The molecule has 0 unspecified atom stereocenters. The van der Waals surface area contributed by atoms with Crippen molar-refractivity contribution in [3.05, 3.63) is 261 Å². The molecule has 0 aliphatic rings. The Morgan fingerprint density at radius 3 is 1.09 bits per heavy atom. The second-order valence-electron chi connectivity index (χ2n) is 15.9. The zero-order valence-electron chi connectivity index (χ0n) is 35.6. The van der Waals surface area contributed by atoms with Crippen molar-refractivity contribution in [3.63, 3.8) is 0 Å². The lowest BCUT2D eigenvalue weighted by atomic mass is 10.0. The zero-order valence-corrected chi connectivity index (χ0v) is 35.6. The van der Waals surface area contributed by atoms with E-state index in [0.717, 1.165) is 73.5 Å². The predicted molar refractivity (Wildman–Crippen MR) is 270 cm³/mol. The van der Waals surface area contributed by atoms with Gasteiger partial charge in [0.05, 0.1) is 11.4 Å². The van der Waals surface area contributed by atoms with E-state index < -0.39 is 0 Å². The summed E-state index contributed by atoms with van der Waals surface area (Å²) < 4.78 is 2.17. The summed E-state index contributed by atoms with van der Waals surface area (Å²) in [5.74, 6) is 0.839. The molecule has 3 aromatic heterocycles. The lowest BCUT2D eigenvalue weighted by Gasteiger charge is -2.26. The first-order valence-corrected chi connectivity index (χ1v) is 21.9. The van der Waals surface area contributed by atoms with Crippen molar-refractivity contribution in [3.8, 4) is 55.9 Å². The molecule has 11 rings (SSSR count). The number of imidazole rings is 1. The van der Waals surface area contributed by atoms with Crippen LogP contribution in [0.1, 0.15) is 0 Å². The average Bonchev–Trinajstić information content (AvgIpc) is 3.79. The lowest BCUT2D eigenvalue weighted by molar-refractivity contribution is 1.17. The van der Waals surface area contributed by atoms with Crippen LogP contribution in [0, 0.1) is 0 Å². The van der Waals surface area contributed by atoms with Gasteiger partial charge < -0.3 is 4.90 Å². The van der Waals surface area contributed by atoms with Gasteiger partial charge in [0.15, 0.2) is 0 Å². The third-order valence-electron chi connectivity index (χ3n) is 11.9. The molecule has 0 amide bonds. The molecule has 0 saturated heterocycles. The smallest absolute Gasteiger partial charge is 0.137 e. The highest BCUT2D eigenvalue weighted by molar-refractivity contribution is 5.85. The zero-order chi connectivity index (χ0) is 43.4. The third-order valence-corrected chi connectivity index (χ3v) is 11.9. The van der Waals surface area contributed by atoms with Gasteiger partial charge in [0.25, 0.3) is 0 Å². The molecule has 5 nitrogen and oxygen atoms in total. The molecule has 0 atom stereocenters. The van der Waals surface area contributed by atoms with E-state index in [-0.39, 0.29) is 0 Å². The van der Waals surface area contributed by atoms with Crippen molar-refractivity contribution in [2.45, 2.75) is 0 Å². The topological polar surface area (TPSA) is 36.7 Å². The van der Waals surface area contributed by atoms with E-state index in [1.54, 1.807) is 0 Å². The maximum Gasteiger partial charge on any atom is 0.137 e. The highest BCUT2D eigenvalue weighted by Crippen LogP contribution is 2.40. The van der Waals surface area contributed by atoms with Crippen LogP contribution in [0.2, 0.25) is 0 Å². The van der Waals surface area contributed by atoms with Crippen molar-refractivity contribution in [2.75, 3.05) is 9.80 Å². The molecule has 8 aromatic carbocycles. The van der Waals surface area contributed by atoms with Crippen LogP contribution < -0.4 is 9.80 Å². The maximum atomic E-state index is 5.05. The summed E-state index contributed by atoms with van der Waals surface area (Å²) in [6.07, 6.45) is 3.93. The van der Waals surface area contributed by atoms with Gasteiger partial charge in [-0.25, -0.2) is 9.97 Å². The van der Waals surface area contributed by atoms with Gasteiger partial charge in [-0.2, -0.15) is 0 Å². The standard InChI is InChI=1S/C60H43N5/c1-4-14-44(15-5-1)46-22-32-52(33-23-46)64(53-34-24-47(25-35-53)45-16-6-2-7-17-45)54-36-26-48(27-37-54)49-28-38-55(39-29-49)65(57-20-10-12-42-61-57)56-40-30-51(31-41-56)60-59(50-18-8-3-9-19-50)62-58-21-11-13-43-63(58)60/h1-43H. The SMILES string of the molecule is c1ccc(-c2ccc(N(c3ccc(-c4ccccc4)cc3)c3ccc(-c4ccc(N(c5ccc(-c6c(-c7ccccc7)nc7ccccn67)cc5)c5ccccn5)cc4)cc3)cc2)cc1. The first-order chi connectivity index (χ1) is 32.2. The van der Waals surface area contributed by atoms with Gasteiger partial charge in [0.1, 0.15) is 11.5 Å². The number of aromatic nitrogens is 3. The summed E-state index contributed by atoms with van der Waals surface area (Å²) in [4.78, 5) is 14.4. The number of anilines is 6. The molecular formula is C60H43N5. The lowest BCUT2D eigenvalue weighted by Crippen LogP contribution is -2.11. The average molecular weight is 834 g/mol. The van der Waals surface area contributed by atoms with E-state index in [4.69, 9.17) is 9.97 Å². The van der Waals surface area contributed by atoms with E-state index in [2.05, 4.69) is 245 Å². The summed E-state index contributed by atoms with van der Waals surface area (Å²) in [5.41, 5.74) is 17.4. The minimum Gasteiger partial charge on any atom is -0.311 e. The molecule has 0 spiro atoms. The first kappa shape index (κ1) is 39.1. The highest BCUT2D eigenvalue weighted by atomic mass is 15.2. The molecule has 65 heavy (non-hydrogen) atoms. The Balaban J connectivity index is 0.899. The van der Waals surface area contributed by atoms with Crippen LogP contribution >= 0.6 is 0 Å². The summed E-state index contributed by atoms with van der Waals surface area (Å²) in [5, 5.41) is 0.